The van der Waals surface area contributed by atoms with Gasteiger partial charge in [-0.25, -0.2) is 4.39 Å². The Balaban J connectivity index is 0.00000242. The molecule has 0 aromatic heterocycles. The molecule has 1 aliphatic carbocycles. The summed E-state index contributed by atoms with van der Waals surface area (Å²) < 4.78 is 13.7. The summed E-state index contributed by atoms with van der Waals surface area (Å²) in [5.41, 5.74) is 0.696. The molecular formula is C17H26ClFN2O. The van der Waals surface area contributed by atoms with Crippen molar-refractivity contribution in [1.82, 2.24) is 10.2 Å². The van der Waals surface area contributed by atoms with Crippen LogP contribution in [-0.2, 0) is 11.2 Å². The fourth-order valence-corrected chi connectivity index (χ4v) is 3.04. The number of amides is 1. The molecule has 0 bridgehead atoms. The Hall–Kier alpha value is -1.13. The first-order valence-electron chi connectivity index (χ1n) is 7.90. The van der Waals surface area contributed by atoms with Crippen molar-refractivity contribution in [3.05, 3.63) is 35.6 Å². The Labute approximate surface area is 138 Å². The van der Waals surface area contributed by atoms with E-state index >= 15 is 0 Å². The lowest BCUT2D eigenvalue weighted by Gasteiger charge is -2.29. The van der Waals surface area contributed by atoms with Crippen molar-refractivity contribution in [2.24, 2.45) is 0 Å². The van der Waals surface area contributed by atoms with Crippen molar-refractivity contribution in [2.45, 2.75) is 44.6 Å². The van der Waals surface area contributed by atoms with Crippen molar-refractivity contribution < 1.29 is 9.18 Å². The van der Waals surface area contributed by atoms with Crippen LogP contribution in [0.2, 0.25) is 0 Å². The van der Waals surface area contributed by atoms with Gasteiger partial charge in [-0.05, 0) is 37.9 Å². The molecule has 1 N–H and O–H groups in total. The van der Waals surface area contributed by atoms with Crippen molar-refractivity contribution in [2.75, 3.05) is 20.1 Å². The quantitative estimate of drug-likeness (QED) is 0.833. The highest BCUT2D eigenvalue weighted by atomic mass is 35.5. The molecule has 1 aromatic carbocycles. The molecule has 0 radical (unpaired) electrons. The largest absolute Gasteiger partial charge is 0.339 e. The van der Waals surface area contributed by atoms with Gasteiger partial charge in [-0.2, -0.15) is 0 Å². The van der Waals surface area contributed by atoms with Gasteiger partial charge < -0.3 is 10.2 Å². The average molecular weight is 329 g/mol. The van der Waals surface area contributed by atoms with Crippen LogP contribution >= 0.6 is 12.4 Å². The minimum Gasteiger partial charge on any atom is -0.339 e. The maximum absolute atomic E-state index is 13.7. The first kappa shape index (κ1) is 18.9. The summed E-state index contributed by atoms with van der Waals surface area (Å²) in [4.78, 5) is 14.4. The molecule has 1 amide bonds. The molecule has 1 aromatic rings. The van der Waals surface area contributed by atoms with Crippen LogP contribution in [0.5, 0.6) is 0 Å². The molecular weight excluding hydrogens is 303 g/mol. The van der Waals surface area contributed by atoms with Crippen LogP contribution in [0.4, 0.5) is 4.39 Å². The number of carbonyl (C=O) groups excluding carboxylic acids is 1. The number of nitrogens with zero attached hydrogens (tertiary/aromatic N) is 1. The van der Waals surface area contributed by atoms with E-state index in [2.05, 4.69) is 5.32 Å². The molecule has 124 valence electrons. The summed E-state index contributed by atoms with van der Waals surface area (Å²) in [7, 11) is 1.85. The van der Waals surface area contributed by atoms with E-state index in [9.17, 15) is 9.18 Å². The molecule has 22 heavy (non-hydrogen) atoms. The van der Waals surface area contributed by atoms with Crippen LogP contribution in [0.3, 0.4) is 0 Å². The van der Waals surface area contributed by atoms with E-state index < -0.39 is 0 Å². The lowest BCUT2D eigenvalue weighted by molar-refractivity contribution is -0.133. The van der Waals surface area contributed by atoms with Gasteiger partial charge in [0.25, 0.3) is 0 Å². The molecule has 0 heterocycles. The SMILES string of the molecule is CNCCC(=O)N(CCc1ccccc1F)C1CCCC1.Cl. The van der Waals surface area contributed by atoms with Gasteiger partial charge >= 0.3 is 0 Å². The highest BCUT2D eigenvalue weighted by Gasteiger charge is 2.26. The maximum Gasteiger partial charge on any atom is 0.224 e. The number of nitrogens with one attached hydrogen (secondary N) is 1. The second kappa shape index (κ2) is 9.80. The van der Waals surface area contributed by atoms with Crippen LogP contribution < -0.4 is 5.32 Å². The number of hydrogen-bond acceptors (Lipinski definition) is 2. The van der Waals surface area contributed by atoms with Crippen LogP contribution in [0.1, 0.15) is 37.7 Å². The van der Waals surface area contributed by atoms with E-state index in [1.807, 2.05) is 18.0 Å². The fourth-order valence-electron chi connectivity index (χ4n) is 3.04. The summed E-state index contributed by atoms with van der Waals surface area (Å²) in [5.74, 6) is 0.0131. The standard InChI is InChI=1S/C17H25FN2O.ClH/c1-19-12-10-17(21)20(15-7-3-4-8-15)13-11-14-6-2-5-9-16(14)18;/h2,5-6,9,15,19H,3-4,7-8,10-13H2,1H3;1H. The lowest BCUT2D eigenvalue weighted by atomic mass is 10.1. The van der Waals surface area contributed by atoms with Gasteiger partial charge in [0, 0.05) is 25.6 Å². The third kappa shape index (κ3) is 5.25. The average Bonchev–Trinajstić information content (AvgIpc) is 3.01. The zero-order valence-electron chi connectivity index (χ0n) is 13.2. The maximum atomic E-state index is 13.7. The first-order valence-corrected chi connectivity index (χ1v) is 7.90. The number of hydrogen-bond donors (Lipinski definition) is 1. The number of benzene rings is 1. The normalized spacial score (nSPS) is 14.6. The summed E-state index contributed by atoms with van der Waals surface area (Å²) in [6, 6.07) is 7.19. The summed E-state index contributed by atoms with van der Waals surface area (Å²) in [6.07, 6.45) is 5.67. The molecule has 0 spiro atoms. The molecule has 5 heteroatoms. The monoisotopic (exact) mass is 328 g/mol. The summed E-state index contributed by atoms with van der Waals surface area (Å²) >= 11 is 0. The van der Waals surface area contributed by atoms with E-state index in [0.717, 1.165) is 12.8 Å². The van der Waals surface area contributed by atoms with Gasteiger partial charge in [0.05, 0.1) is 0 Å². The minimum absolute atomic E-state index is 0. The molecule has 1 aliphatic rings. The molecule has 1 fully saturated rings. The van der Waals surface area contributed by atoms with Crippen LogP contribution in [0, 0.1) is 5.82 Å². The number of rotatable bonds is 7. The van der Waals surface area contributed by atoms with Crippen LogP contribution in [0.15, 0.2) is 24.3 Å². The summed E-state index contributed by atoms with van der Waals surface area (Å²) in [6.45, 7) is 1.32. The fraction of sp³-hybridized carbons (Fsp3) is 0.588. The topological polar surface area (TPSA) is 32.3 Å². The van der Waals surface area contributed by atoms with Gasteiger partial charge in [-0.1, -0.05) is 31.0 Å². The van der Waals surface area contributed by atoms with E-state index in [0.29, 0.717) is 37.5 Å². The zero-order chi connectivity index (χ0) is 15.1. The lowest BCUT2D eigenvalue weighted by Crippen LogP contribution is -2.41. The van der Waals surface area contributed by atoms with Crippen molar-refractivity contribution >= 4 is 18.3 Å². The Kier molecular flexibility index (Phi) is 8.43. The van der Waals surface area contributed by atoms with Crippen molar-refractivity contribution in [3.63, 3.8) is 0 Å². The number of halogens is 2. The predicted molar refractivity (Wildman–Crippen MR) is 89.9 cm³/mol. The Morgan fingerprint density at radius 3 is 2.64 bits per heavy atom. The van der Waals surface area contributed by atoms with E-state index in [4.69, 9.17) is 0 Å². The Morgan fingerprint density at radius 1 is 1.32 bits per heavy atom. The molecule has 3 nitrogen and oxygen atoms in total. The second-order valence-corrected chi connectivity index (χ2v) is 5.72. The highest BCUT2D eigenvalue weighted by molar-refractivity contribution is 5.85. The van der Waals surface area contributed by atoms with Crippen molar-refractivity contribution in [3.8, 4) is 0 Å². The minimum atomic E-state index is -0.174. The van der Waals surface area contributed by atoms with Gasteiger partial charge in [-0.3, -0.25) is 4.79 Å². The molecule has 0 unspecified atom stereocenters. The highest BCUT2D eigenvalue weighted by Crippen LogP contribution is 2.24. The Bertz CT molecular complexity index is 464. The third-order valence-electron chi connectivity index (χ3n) is 4.25. The molecule has 0 atom stereocenters. The van der Waals surface area contributed by atoms with Gasteiger partial charge in [0.2, 0.25) is 5.91 Å². The van der Waals surface area contributed by atoms with E-state index in [1.165, 1.54) is 18.9 Å². The van der Waals surface area contributed by atoms with Crippen LogP contribution in [-0.4, -0.2) is 37.0 Å². The number of carbonyl (C=O) groups is 1. The van der Waals surface area contributed by atoms with E-state index in [1.54, 1.807) is 12.1 Å². The Morgan fingerprint density at radius 2 is 2.00 bits per heavy atom. The van der Waals surface area contributed by atoms with Gasteiger partial charge in [0.1, 0.15) is 5.82 Å². The third-order valence-corrected chi connectivity index (χ3v) is 4.25. The smallest absolute Gasteiger partial charge is 0.224 e. The molecule has 2 rings (SSSR count). The zero-order valence-corrected chi connectivity index (χ0v) is 14.0. The van der Waals surface area contributed by atoms with Crippen LogP contribution in [0.25, 0.3) is 0 Å². The van der Waals surface area contributed by atoms with Crippen molar-refractivity contribution in [1.29, 1.82) is 0 Å². The molecule has 1 saturated carbocycles. The molecule has 0 aliphatic heterocycles. The van der Waals surface area contributed by atoms with Gasteiger partial charge in [-0.15, -0.1) is 12.4 Å². The first-order chi connectivity index (χ1) is 10.2. The van der Waals surface area contributed by atoms with E-state index in [-0.39, 0.29) is 24.1 Å². The second-order valence-electron chi connectivity index (χ2n) is 5.72. The van der Waals surface area contributed by atoms with Gasteiger partial charge in [0.15, 0.2) is 0 Å². The predicted octanol–water partition coefficient (Wildman–Crippen LogP) is 3.17. The molecule has 0 saturated heterocycles. The summed E-state index contributed by atoms with van der Waals surface area (Å²) in [5, 5.41) is 3.02.